The molecule has 30 heavy (non-hydrogen) atoms. The van der Waals surface area contributed by atoms with Gasteiger partial charge in [-0.1, -0.05) is 56.2 Å². The fraction of sp³-hybridized carbons (Fsp3) is 0.417. The first-order chi connectivity index (χ1) is 14.0. The van der Waals surface area contributed by atoms with Crippen molar-refractivity contribution in [3.63, 3.8) is 0 Å². The normalized spacial score (nSPS) is 12.3. The molecule has 166 valence electrons. The SMILES string of the molecule is CCCCC(C(C)O)C(C)(C)O.O=C(O)c1ccccc1.O=C(O)c1ccccc1. The number of aliphatic hydroxyl groups is 2. The van der Waals surface area contributed by atoms with Crippen LogP contribution in [-0.4, -0.2) is 44.1 Å². The van der Waals surface area contributed by atoms with Gasteiger partial charge in [-0.05, 0) is 51.5 Å². The van der Waals surface area contributed by atoms with E-state index in [1.54, 1.807) is 81.4 Å². The van der Waals surface area contributed by atoms with Gasteiger partial charge < -0.3 is 20.4 Å². The number of carboxylic acids is 2. The molecule has 4 N–H and O–H groups in total. The van der Waals surface area contributed by atoms with E-state index in [1.807, 2.05) is 0 Å². The number of carbonyl (C=O) groups is 2. The Labute approximate surface area is 178 Å². The number of hydrogen-bond donors (Lipinski definition) is 4. The van der Waals surface area contributed by atoms with Crippen molar-refractivity contribution in [2.24, 2.45) is 5.92 Å². The zero-order valence-corrected chi connectivity index (χ0v) is 18.2. The molecule has 0 spiro atoms. The zero-order valence-electron chi connectivity index (χ0n) is 18.2. The van der Waals surface area contributed by atoms with Gasteiger partial charge in [-0.25, -0.2) is 9.59 Å². The maximum atomic E-state index is 10.2. The van der Waals surface area contributed by atoms with E-state index in [4.69, 9.17) is 10.2 Å². The third-order valence-electron chi connectivity index (χ3n) is 4.40. The Hall–Kier alpha value is -2.70. The van der Waals surface area contributed by atoms with Gasteiger partial charge in [0.1, 0.15) is 0 Å². The molecular weight excluding hydrogens is 384 g/mol. The van der Waals surface area contributed by atoms with Crippen LogP contribution >= 0.6 is 0 Å². The van der Waals surface area contributed by atoms with Crippen LogP contribution in [-0.2, 0) is 0 Å². The topological polar surface area (TPSA) is 115 Å². The summed E-state index contributed by atoms with van der Waals surface area (Å²) in [5.74, 6) is -1.76. The van der Waals surface area contributed by atoms with Gasteiger partial charge in [-0.3, -0.25) is 0 Å². The van der Waals surface area contributed by atoms with Gasteiger partial charge in [0, 0.05) is 5.92 Å². The summed E-state index contributed by atoms with van der Waals surface area (Å²) in [5, 5.41) is 35.9. The molecule has 0 aliphatic carbocycles. The Bertz CT molecular complexity index is 671. The van der Waals surface area contributed by atoms with E-state index in [0.717, 1.165) is 19.3 Å². The molecule has 2 rings (SSSR count). The van der Waals surface area contributed by atoms with Crippen molar-refractivity contribution >= 4 is 11.9 Å². The van der Waals surface area contributed by atoms with Crippen LogP contribution < -0.4 is 0 Å². The van der Waals surface area contributed by atoms with Crippen molar-refractivity contribution < 1.29 is 30.0 Å². The molecule has 0 saturated carbocycles. The molecule has 0 aliphatic heterocycles. The fourth-order valence-corrected chi connectivity index (χ4v) is 2.77. The van der Waals surface area contributed by atoms with Crippen molar-refractivity contribution in [2.75, 3.05) is 0 Å². The Balaban J connectivity index is 0.000000426. The lowest BCUT2D eigenvalue weighted by Crippen LogP contribution is -2.37. The lowest BCUT2D eigenvalue weighted by atomic mass is 9.83. The molecule has 0 saturated heterocycles. The smallest absolute Gasteiger partial charge is 0.335 e. The summed E-state index contributed by atoms with van der Waals surface area (Å²) in [6.45, 7) is 7.39. The van der Waals surface area contributed by atoms with Crippen molar-refractivity contribution in [3.8, 4) is 0 Å². The average molecular weight is 419 g/mol. The first-order valence-electron chi connectivity index (χ1n) is 9.97. The van der Waals surface area contributed by atoms with E-state index in [0.29, 0.717) is 11.1 Å². The minimum atomic E-state index is -0.879. The first-order valence-corrected chi connectivity index (χ1v) is 9.97. The Morgan fingerprint density at radius 1 is 0.867 bits per heavy atom. The second-order valence-electron chi connectivity index (χ2n) is 7.49. The predicted molar refractivity (Wildman–Crippen MR) is 118 cm³/mol. The average Bonchev–Trinajstić information content (AvgIpc) is 2.69. The van der Waals surface area contributed by atoms with Gasteiger partial charge in [0.15, 0.2) is 0 Å². The number of aliphatic hydroxyl groups excluding tert-OH is 1. The van der Waals surface area contributed by atoms with Crippen LogP contribution in [0.15, 0.2) is 60.7 Å². The molecule has 2 aromatic rings. The third-order valence-corrected chi connectivity index (χ3v) is 4.40. The van der Waals surface area contributed by atoms with Crippen molar-refractivity contribution in [2.45, 2.75) is 58.7 Å². The summed E-state index contributed by atoms with van der Waals surface area (Å²) >= 11 is 0. The molecule has 2 atom stereocenters. The number of rotatable bonds is 7. The second-order valence-corrected chi connectivity index (χ2v) is 7.49. The number of carboxylic acid groups (broad SMARTS) is 2. The Morgan fingerprint density at radius 3 is 1.43 bits per heavy atom. The summed E-state index contributed by atoms with van der Waals surface area (Å²) in [4.78, 5) is 20.4. The monoisotopic (exact) mass is 418 g/mol. The molecule has 0 aromatic heterocycles. The van der Waals surface area contributed by atoms with Gasteiger partial charge in [0.25, 0.3) is 0 Å². The highest BCUT2D eigenvalue weighted by atomic mass is 16.4. The van der Waals surface area contributed by atoms with Crippen molar-refractivity contribution in [1.82, 2.24) is 0 Å². The molecule has 0 heterocycles. The van der Waals surface area contributed by atoms with Crippen LogP contribution in [0.4, 0.5) is 0 Å². The van der Waals surface area contributed by atoms with Crippen LogP contribution in [0.5, 0.6) is 0 Å². The largest absolute Gasteiger partial charge is 0.478 e. The van der Waals surface area contributed by atoms with Crippen LogP contribution in [0.2, 0.25) is 0 Å². The lowest BCUT2D eigenvalue weighted by Gasteiger charge is -2.31. The zero-order chi connectivity index (χ0) is 23.2. The van der Waals surface area contributed by atoms with Crippen LogP contribution in [0, 0.1) is 5.92 Å². The van der Waals surface area contributed by atoms with Crippen LogP contribution in [0.25, 0.3) is 0 Å². The third kappa shape index (κ3) is 12.0. The quantitative estimate of drug-likeness (QED) is 0.517. The number of unbranched alkanes of at least 4 members (excludes halogenated alkanes) is 1. The standard InChI is InChI=1S/C10H22O2.2C7H6O2/c1-5-6-7-9(8(2)11)10(3,4)12;2*8-7(9)6-4-2-1-3-5-6/h8-9,11-12H,5-7H2,1-4H3;2*1-5H,(H,8,9). The number of benzene rings is 2. The highest BCUT2D eigenvalue weighted by molar-refractivity contribution is 5.87. The van der Waals surface area contributed by atoms with Gasteiger partial charge >= 0.3 is 11.9 Å². The van der Waals surface area contributed by atoms with Gasteiger partial charge in [0.05, 0.1) is 22.8 Å². The molecule has 6 heteroatoms. The number of hydrogen-bond acceptors (Lipinski definition) is 4. The maximum absolute atomic E-state index is 10.2. The molecule has 0 fully saturated rings. The first kappa shape index (κ1) is 27.3. The molecule has 6 nitrogen and oxygen atoms in total. The summed E-state index contributed by atoms with van der Waals surface area (Å²) in [6.07, 6.45) is 2.66. The minimum absolute atomic E-state index is 0.00236. The van der Waals surface area contributed by atoms with Crippen LogP contribution in [0.1, 0.15) is 67.7 Å². The molecule has 0 radical (unpaired) electrons. The highest BCUT2D eigenvalue weighted by Gasteiger charge is 2.29. The van der Waals surface area contributed by atoms with Gasteiger partial charge in [0.2, 0.25) is 0 Å². The maximum Gasteiger partial charge on any atom is 0.335 e. The highest BCUT2D eigenvalue weighted by Crippen LogP contribution is 2.25. The summed E-state index contributed by atoms with van der Waals surface area (Å²) in [6, 6.07) is 16.6. The van der Waals surface area contributed by atoms with E-state index < -0.39 is 23.6 Å². The predicted octanol–water partition coefficient (Wildman–Crippen LogP) is 4.71. The van der Waals surface area contributed by atoms with E-state index in [2.05, 4.69) is 6.92 Å². The van der Waals surface area contributed by atoms with Crippen molar-refractivity contribution in [1.29, 1.82) is 0 Å². The second kappa shape index (κ2) is 14.3. The van der Waals surface area contributed by atoms with E-state index in [-0.39, 0.29) is 5.92 Å². The van der Waals surface area contributed by atoms with Crippen molar-refractivity contribution in [3.05, 3.63) is 71.8 Å². The van der Waals surface area contributed by atoms with E-state index in [1.165, 1.54) is 0 Å². The Kier molecular flexibility index (Phi) is 13.0. The fourth-order valence-electron chi connectivity index (χ4n) is 2.77. The van der Waals surface area contributed by atoms with E-state index >= 15 is 0 Å². The molecule has 0 amide bonds. The molecule has 2 unspecified atom stereocenters. The molecule has 2 aromatic carbocycles. The minimum Gasteiger partial charge on any atom is -0.478 e. The number of aromatic carboxylic acids is 2. The molecular formula is C24H34O6. The summed E-state index contributed by atoms with van der Waals surface area (Å²) in [5.41, 5.74) is -0.0985. The summed E-state index contributed by atoms with van der Waals surface area (Å²) < 4.78 is 0. The van der Waals surface area contributed by atoms with Crippen LogP contribution in [0.3, 0.4) is 0 Å². The molecule has 0 aliphatic rings. The van der Waals surface area contributed by atoms with Gasteiger partial charge in [-0.15, -0.1) is 0 Å². The van der Waals surface area contributed by atoms with Gasteiger partial charge in [-0.2, -0.15) is 0 Å². The lowest BCUT2D eigenvalue weighted by molar-refractivity contribution is -0.0444. The van der Waals surface area contributed by atoms with E-state index in [9.17, 15) is 19.8 Å². The Morgan fingerprint density at radius 2 is 1.23 bits per heavy atom. The molecule has 0 bridgehead atoms. The summed E-state index contributed by atoms with van der Waals surface area (Å²) in [7, 11) is 0.